The molecule has 0 spiro atoms. The van der Waals surface area contributed by atoms with Gasteiger partial charge >= 0.3 is 5.97 Å². The Bertz CT molecular complexity index is 488. The summed E-state index contributed by atoms with van der Waals surface area (Å²) in [7, 11) is 1.54. The van der Waals surface area contributed by atoms with Crippen molar-refractivity contribution in [2.45, 2.75) is 31.3 Å². The summed E-state index contributed by atoms with van der Waals surface area (Å²) in [5, 5.41) is 11.5. The van der Waals surface area contributed by atoms with Crippen molar-refractivity contribution in [3.63, 3.8) is 0 Å². The molecular weight excluding hydrogens is 246 g/mol. The van der Waals surface area contributed by atoms with E-state index in [2.05, 4.69) is 5.32 Å². The first kappa shape index (κ1) is 13.5. The number of carbonyl (C=O) groups excluding carboxylic acids is 1. The number of anilines is 1. The highest BCUT2D eigenvalue weighted by atomic mass is 16.5. The van der Waals surface area contributed by atoms with Crippen molar-refractivity contribution in [2.75, 3.05) is 12.4 Å². The first-order valence-corrected chi connectivity index (χ1v) is 6.23. The zero-order valence-corrected chi connectivity index (χ0v) is 10.8. The predicted molar refractivity (Wildman–Crippen MR) is 70.0 cm³/mol. The van der Waals surface area contributed by atoms with Crippen LogP contribution >= 0.6 is 0 Å². The lowest BCUT2D eigenvalue weighted by molar-refractivity contribution is -0.148. The van der Waals surface area contributed by atoms with Crippen molar-refractivity contribution < 1.29 is 19.4 Å². The topological polar surface area (TPSA) is 75.6 Å². The van der Waals surface area contributed by atoms with Crippen LogP contribution in [0.5, 0.6) is 0 Å². The molecule has 1 aliphatic carbocycles. The average molecular weight is 263 g/mol. The standard InChI is InChI=1S/C14H17NO4/c1-19-14(6-3-7-14)13(18)15-11-5-2-4-10(8-11)9-12(16)17/h2,4-5,8H,3,6-7,9H2,1H3,(H,15,18)(H,16,17). The Labute approximate surface area is 111 Å². The normalized spacial score (nSPS) is 16.5. The fourth-order valence-electron chi connectivity index (χ4n) is 2.20. The maximum Gasteiger partial charge on any atom is 0.307 e. The Balaban J connectivity index is 2.06. The van der Waals surface area contributed by atoms with Crippen LogP contribution in [0.2, 0.25) is 0 Å². The third kappa shape index (κ3) is 2.93. The molecule has 19 heavy (non-hydrogen) atoms. The zero-order chi connectivity index (χ0) is 13.9. The molecular formula is C14H17NO4. The van der Waals surface area contributed by atoms with E-state index in [1.807, 2.05) is 0 Å². The summed E-state index contributed by atoms with van der Waals surface area (Å²) in [5.74, 6) is -1.05. The highest BCUT2D eigenvalue weighted by molar-refractivity contribution is 5.98. The van der Waals surface area contributed by atoms with Gasteiger partial charge in [-0.3, -0.25) is 9.59 Å². The van der Waals surface area contributed by atoms with Crippen molar-refractivity contribution in [1.29, 1.82) is 0 Å². The average Bonchev–Trinajstić information content (AvgIpc) is 2.27. The molecule has 1 aromatic rings. The quantitative estimate of drug-likeness (QED) is 0.849. The first-order chi connectivity index (χ1) is 9.05. The minimum atomic E-state index is -0.893. The van der Waals surface area contributed by atoms with E-state index in [4.69, 9.17) is 9.84 Å². The van der Waals surface area contributed by atoms with Gasteiger partial charge in [-0.05, 0) is 37.0 Å². The van der Waals surface area contributed by atoms with Crippen LogP contribution in [0.1, 0.15) is 24.8 Å². The van der Waals surface area contributed by atoms with Gasteiger partial charge in [0.2, 0.25) is 0 Å². The molecule has 1 aliphatic rings. The van der Waals surface area contributed by atoms with Gasteiger partial charge in [-0.15, -0.1) is 0 Å². The molecule has 1 saturated carbocycles. The lowest BCUT2D eigenvalue weighted by atomic mass is 9.79. The van der Waals surface area contributed by atoms with Gasteiger partial charge in [-0.25, -0.2) is 0 Å². The van der Waals surface area contributed by atoms with Gasteiger partial charge in [0.1, 0.15) is 5.60 Å². The lowest BCUT2D eigenvalue weighted by Crippen LogP contribution is -2.50. The minimum Gasteiger partial charge on any atom is -0.481 e. The predicted octanol–water partition coefficient (Wildman–Crippen LogP) is 1.82. The molecule has 0 bridgehead atoms. The molecule has 0 aliphatic heterocycles. The van der Waals surface area contributed by atoms with Crippen LogP contribution in [0.25, 0.3) is 0 Å². The van der Waals surface area contributed by atoms with Crippen molar-refractivity contribution in [2.24, 2.45) is 0 Å². The number of ether oxygens (including phenoxy) is 1. The van der Waals surface area contributed by atoms with Crippen LogP contribution in [0.15, 0.2) is 24.3 Å². The van der Waals surface area contributed by atoms with E-state index in [9.17, 15) is 9.59 Å². The summed E-state index contributed by atoms with van der Waals surface area (Å²) < 4.78 is 5.30. The smallest absolute Gasteiger partial charge is 0.307 e. The number of carboxylic acid groups (broad SMARTS) is 1. The summed E-state index contributed by atoms with van der Waals surface area (Å²) in [6.07, 6.45) is 2.38. The molecule has 5 nitrogen and oxygen atoms in total. The second-order valence-electron chi connectivity index (χ2n) is 4.78. The SMILES string of the molecule is COC1(C(=O)Nc2cccc(CC(=O)O)c2)CCC1. The molecule has 1 amide bonds. The van der Waals surface area contributed by atoms with Gasteiger partial charge in [-0.2, -0.15) is 0 Å². The summed E-state index contributed by atoms with van der Waals surface area (Å²) in [4.78, 5) is 22.8. The van der Waals surface area contributed by atoms with Crippen LogP contribution in [-0.2, 0) is 20.7 Å². The lowest BCUT2D eigenvalue weighted by Gasteiger charge is -2.38. The number of hydrogen-bond acceptors (Lipinski definition) is 3. The summed E-state index contributed by atoms with van der Waals surface area (Å²) in [6.45, 7) is 0. The highest BCUT2D eigenvalue weighted by Gasteiger charge is 2.44. The monoisotopic (exact) mass is 263 g/mol. The van der Waals surface area contributed by atoms with Gasteiger partial charge in [0.25, 0.3) is 5.91 Å². The van der Waals surface area contributed by atoms with Gasteiger partial charge in [0.15, 0.2) is 0 Å². The maximum absolute atomic E-state index is 12.1. The number of hydrogen-bond donors (Lipinski definition) is 2. The largest absolute Gasteiger partial charge is 0.481 e. The van der Waals surface area contributed by atoms with Crippen molar-refractivity contribution in [3.05, 3.63) is 29.8 Å². The molecule has 0 heterocycles. The van der Waals surface area contributed by atoms with Gasteiger partial charge in [-0.1, -0.05) is 12.1 Å². The molecule has 0 radical (unpaired) electrons. The highest BCUT2D eigenvalue weighted by Crippen LogP contribution is 2.36. The zero-order valence-electron chi connectivity index (χ0n) is 10.8. The Morgan fingerprint density at radius 3 is 2.68 bits per heavy atom. The number of benzene rings is 1. The number of rotatable bonds is 5. The maximum atomic E-state index is 12.1. The second kappa shape index (κ2) is 5.40. The third-order valence-electron chi connectivity index (χ3n) is 3.51. The number of carboxylic acids is 1. The number of carbonyl (C=O) groups is 2. The molecule has 0 unspecified atom stereocenters. The number of methoxy groups -OCH3 is 1. The molecule has 0 aromatic heterocycles. The molecule has 2 N–H and O–H groups in total. The van der Waals surface area contributed by atoms with E-state index >= 15 is 0 Å². The van der Waals surface area contributed by atoms with Crippen LogP contribution < -0.4 is 5.32 Å². The summed E-state index contributed by atoms with van der Waals surface area (Å²) >= 11 is 0. The Morgan fingerprint density at radius 1 is 1.42 bits per heavy atom. The Hall–Kier alpha value is -1.88. The van der Waals surface area contributed by atoms with Gasteiger partial charge in [0, 0.05) is 12.8 Å². The molecule has 0 atom stereocenters. The number of nitrogens with one attached hydrogen (secondary N) is 1. The molecule has 0 saturated heterocycles. The fourth-order valence-corrected chi connectivity index (χ4v) is 2.20. The van der Waals surface area contributed by atoms with Crippen LogP contribution in [-0.4, -0.2) is 29.7 Å². The molecule has 1 fully saturated rings. The summed E-state index contributed by atoms with van der Waals surface area (Å²) in [6, 6.07) is 6.87. The van der Waals surface area contributed by atoms with Crippen LogP contribution in [0, 0.1) is 0 Å². The van der Waals surface area contributed by atoms with Crippen molar-refractivity contribution in [3.8, 4) is 0 Å². The number of amides is 1. The fraction of sp³-hybridized carbons (Fsp3) is 0.429. The van der Waals surface area contributed by atoms with Gasteiger partial charge < -0.3 is 15.2 Å². The molecule has 102 valence electrons. The second-order valence-corrected chi connectivity index (χ2v) is 4.78. The van der Waals surface area contributed by atoms with Gasteiger partial charge in [0.05, 0.1) is 6.42 Å². The van der Waals surface area contributed by atoms with Crippen molar-refractivity contribution >= 4 is 17.6 Å². The van der Waals surface area contributed by atoms with E-state index in [1.54, 1.807) is 31.4 Å². The van der Waals surface area contributed by atoms with Crippen LogP contribution in [0.3, 0.4) is 0 Å². The Morgan fingerprint density at radius 2 is 2.16 bits per heavy atom. The van der Waals surface area contributed by atoms with E-state index in [0.717, 1.165) is 19.3 Å². The Kier molecular flexibility index (Phi) is 3.85. The van der Waals surface area contributed by atoms with Crippen LogP contribution in [0.4, 0.5) is 5.69 Å². The summed E-state index contributed by atoms with van der Waals surface area (Å²) in [5.41, 5.74) is 0.556. The van der Waals surface area contributed by atoms with E-state index < -0.39 is 11.6 Å². The third-order valence-corrected chi connectivity index (χ3v) is 3.51. The van der Waals surface area contributed by atoms with E-state index in [1.165, 1.54) is 0 Å². The van der Waals surface area contributed by atoms with Crippen molar-refractivity contribution in [1.82, 2.24) is 0 Å². The molecule has 1 aromatic carbocycles. The number of aliphatic carboxylic acids is 1. The first-order valence-electron chi connectivity index (χ1n) is 6.23. The van der Waals surface area contributed by atoms with E-state index in [0.29, 0.717) is 11.3 Å². The molecule has 5 heteroatoms. The molecule has 2 rings (SSSR count). The van der Waals surface area contributed by atoms with E-state index in [-0.39, 0.29) is 12.3 Å². The minimum absolute atomic E-state index is 0.0564.